The van der Waals surface area contributed by atoms with Gasteiger partial charge in [0, 0.05) is 43.2 Å². The highest BCUT2D eigenvalue weighted by Crippen LogP contribution is 2.47. The minimum atomic E-state index is 0.583. The molecule has 1 saturated heterocycles. The molecule has 1 spiro atoms. The number of allylic oxidation sites excluding steroid dienone is 1. The van der Waals surface area contributed by atoms with E-state index in [1.165, 1.54) is 32.4 Å². The third-order valence-corrected chi connectivity index (χ3v) is 7.22. The molecule has 2 aliphatic rings. The van der Waals surface area contributed by atoms with Gasteiger partial charge in [-0.3, -0.25) is 4.90 Å². The number of anilines is 1. The first-order chi connectivity index (χ1) is 18.3. The topological polar surface area (TPSA) is 74.1 Å². The minimum Gasteiger partial charge on any atom is -0.380 e. The van der Waals surface area contributed by atoms with Crippen molar-refractivity contribution in [1.29, 1.82) is 5.26 Å². The van der Waals surface area contributed by atoms with Gasteiger partial charge < -0.3 is 10.1 Å². The van der Waals surface area contributed by atoms with Crippen molar-refractivity contribution in [2.24, 2.45) is 5.41 Å². The van der Waals surface area contributed by atoms with Gasteiger partial charge in [-0.1, -0.05) is 50.6 Å². The number of nitriles is 1. The van der Waals surface area contributed by atoms with E-state index in [0.29, 0.717) is 12.1 Å². The maximum absolute atomic E-state index is 9.16. The molecule has 0 unspecified atom stereocenters. The maximum Gasteiger partial charge on any atom is 0.156 e. The van der Waals surface area contributed by atoms with Crippen LogP contribution in [0.15, 0.2) is 30.4 Å². The highest BCUT2D eigenvalue weighted by atomic mass is 16.5. The lowest BCUT2D eigenvalue weighted by Gasteiger charge is -2.56. The number of benzene rings is 1. The molecular formula is C32H47N5O. The van der Waals surface area contributed by atoms with Gasteiger partial charge in [0.05, 0.1) is 23.9 Å². The molecule has 1 aromatic heterocycles. The summed E-state index contributed by atoms with van der Waals surface area (Å²) >= 11 is 0. The predicted molar refractivity (Wildman–Crippen MR) is 159 cm³/mol. The fourth-order valence-corrected chi connectivity index (χ4v) is 5.01. The summed E-state index contributed by atoms with van der Waals surface area (Å²) in [5.41, 5.74) is 5.38. The fraction of sp³-hybridized carbons (Fsp3) is 0.531. The Morgan fingerprint density at radius 1 is 1.21 bits per heavy atom. The molecule has 1 saturated carbocycles. The van der Waals surface area contributed by atoms with Crippen LogP contribution in [-0.2, 0) is 11.3 Å². The van der Waals surface area contributed by atoms with Gasteiger partial charge >= 0.3 is 0 Å². The van der Waals surface area contributed by atoms with Crippen LogP contribution >= 0.6 is 0 Å². The van der Waals surface area contributed by atoms with Crippen molar-refractivity contribution in [3.8, 4) is 6.07 Å². The van der Waals surface area contributed by atoms with E-state index < -0.39 is 0 Å². The zero-order chi connectivity index (χ0) is 28.1. The zero-order valence-electron chi connectivity index (χ0n) is 24.7. The quantitative estimate of drug-likeness (QED) is 0.481. The molecule has 2 fully saturated rings. The Balaban J connectivity index is 0.000000301. The van der Waals surface area contributed by atoms with Crippen molar-refractivity contribution in [2.45, 2.75) is 74.3 Å². The van der Waals surface area contributed by atoms with Crippen molar-refractivity contribution in [3.63, 3.8) is 0 Å². The van der Waals surface area contributed by atoms with Crippen LogP contribution in [0.3, 0.4) is 0 Å². The minimum absolute atomic E-state index is 0.583. The third-order valence-electron chi connectivity index (χ3n) is 7.22. The van der Waals surface area contributed by atoms with E-state index in [4.69, 9.17) is 10.00 Å². The van der Waals surface area contributed by atoms with Gasteiger partial charge in [-0.15, -0.1) is 5.10 Å². The molecule has 6 nitrogen and oxygen atoms in total. The molecule has 4 rings (SSSR count). The number of nitrogens with one attached hydrogen (secondary N) is 1. The van der Waals surface area contributed by atoms with Gasteiger partial charge in [0.1, 0.15) is 0 Å². The van der Waals surface area contributed by atoms with E-state index >= 15 is 0 Å². The highest BCUT2D eigenvalue weighted by molar-refractivity contribution is 5.53. The van der Waals surface area contributed by atoms with Crippen molar-refractivity contribution in [1.82, 2.24) is 15.1 Å². The van der Waals surface area contributed by atoms with Crippen LogP contribution in [0.5, 0.6) is 0 Å². The fourth-order valence-electron chi connectivity index (χ4n) is 5.01. The second-order valence-corrected chi connectivity index (χ2v) is 10.1. The van der Waals surface area contributed by atoms with Crippen LogP contribution in [-0.4, -0.2) is 47.9 Å². The molecule has 1 aliphatic heterocycles. The number of rotatable bonds is 8. The summed E-state index contributed by atoms with van der Waals surface area (Å²) < 4.78 is 5.32. The summed E-state index contributed by atoms with van der Waals surface area (Å²) in [6, 6.07) is 7.96. The van der Waals surface area contributed by atoms with E-state index in [-0.39, 0.29) is 0 Å². The molecule has 38 heavy (non-hydrogen) atoms. The van der Waals surface area contributed by atoms with E-state index in [1.807, 2.05) is 71.9 Å². The monoisotopic (exact) mass is 517 g/mol. The molecule has 0 bridgehead atoms. The Morgan fingerprint density at radius 3 is 2.47 bits per heavy atom. The first-order valence-electron chi connectivity index (χ1n) is 14.0. The average Bonchev–Trinajstić information content (AvgIpc) is 2.86. The summed E-state index contributed by atoms with van der Waals surface area (Å²) in [6.45, 7) is 24.1. The first kappa shape index (κ1) is 31.2. The molecule has 1 aromatic carbocycles. The van der Waals surface area contributed by atoms with Crippen LogP contribution in [0.4, 0.5) is 5.82 Å². The molecule has 0 amide bonds. The van der Waals surface area contributed by atoms with E-state index in [0.717, 1.165) is 63.8 Å². The largest absolute Gasteiger partial charge is 0.380 e. The standard InChI is InChI=1S/C20H22N4.C10H19NO.C2H6/c1-6-18-15(5)23-24-20(19(18)10-13(2)3)22-12-17-9-7-8-16(11-21)14(17)4;1-2-12-7-6-11-8-10(9-11)4-3-5-10;1-2/h6-10H,2,12H2,1,3-5H3,(H,22,24);2-9H2,1H3;1-2H3/b18-6-,19-10+;;. The zero-order valence-corrected chi connectivity index (χ0v) is 24.7. The van der Waals surface area contributed by atoms with Crippen molar-refractivity contribution in [2.75, 3.05) is 38.2 Å². The number of ether oxygens (including phenoxy) is 1. The Hall–Kier alpha value is -3.01. The Morgan fingerprint density at radius 2 is 1.92 bits per heavy atom. The molecule has 0 radical (unpaired) electrons. The van der Waals surface area contributed by atoms with E-state index in [1.54, 1.807) is 0 Å². The van der Waals surface area contributed by atoms with Gasteiger partial charge in [-0.05, 0) is 76.1 Å². The smallest absolute Gasteiger partial charge is 0.156 e. The molecule has 6 heteroatoms. The van der Waals surface area contributed by atoms with Crippen molar-refractivity contribution in [3.05, 3.63) is 63.2 Å². The molecular weight excluding hydrogens is 470 g/mol. The Bertz CT molecular complexity index is 1220. The van der Waals surface area contributed by atoms with E-state index in [2.05, 4.69) is 40.0 Å². The maximum atomic E-state index is 9.16. The second kappa shape index (κ2) is 15.4. The predicted octanol–water partition coefficient (Wildman–Crippen LogP) is 5.27. The van der Waals surface area contributed by atoms with Crippen LogP contribution < -0.4 is 15.8 Å². The molecule has 206 valence electrons. The van der Waals surface area contributed by atoms with Gasteiger partial charge in [0.2, 0.25) is 0 Å². The first-order valence-corrected chi connectivity index (χ1v) is 14.0. The number of aryl methyl sites for hydroxylation is 1. The molecule has 1 N–H and O–H groups in total. The third kappa shape index (κ3) is 8.24. The highest BCUT2D eigenvalue weighted by Gasteiger charge is 2.46. The number of hydrogen-bond donors (Lipinski definition) is 1. The normalized spacial score (nSPS) is 16.3. The molecule has 0 atom stereocenters. The summed E-state index contributed by atoms with van der Waals surface area (Å²) in [4.78, 5) is 2.52. The average molecular weight is 518 g/mol. The lowest BCUT2D eigenvalue weighted by molar-refractivity contribution is -0.0691. The number of likely N-dealkylation sites (tertiary alicyclic amines) is 1. The van der Waals surface area contributed by atoms with Gasteiger partial charge in [0.15, 0.2) is 5.82 Å². The summed E-state index contributed by atoms with van der Waals surface area (Å²) in [6.07, 6.45) is 8.49. The second-order valence-electron chi connectivity index (χ2n) is 10.1. The number of hydrogen-bond acceptors (Lipinski definition) is 6. The van der Waals surface area contributed by atoms with Gasteiger partial charge in [-0.25, -0.2) is 0 Å². The van der Waals surface area contributed by atoms with Gasteiger partial charge in [0.25, 0.3) is 0 Å². The van der Waals surface area contributed by atoms with Crippen LogP contribution in [0.2, 0.25) is 0 Å². The van der Waals surface area contributed by atoms with Crippen LogP contribution in [0.1, 0.15) is 76.3 Å². The molecule has 2 heterocycles. The number of nitrogens with zero attached hydrogens (tertiary/aromatic N) is 4. The molecule has 1 aliphatic carbocycles. The molecule has 2 aromatic rings. The summed E-state index contributed by atoms with van der Waals surface area (Å²) in [5.74, 6) is 0.721. The Labute approximate surface area is 230 Å². The van der Waals surface area contributed by atoms with Crippen LogP contribution in [0.25, 0.3) is 12.2 Å². The lowest BCUT2D eigenvalue weighted by atomic mass is 9.63. The van der Waals surface area contributed by atoms with Crippen molar-refractivity contribution < 1.29 is 4.74 Å². The summed E-state index contributed by atoms with van der Waals surface area (Å²) in [5, 5.41) is 23.1. The lowest BCUT2D eigenvalue weighted by Crippen LogP contribution is -2.60. The number of aromatic nitrogens is 2. The SMILES string of the molecule is C=C(C)/C=c1/c(NCc2cccc(C#N)c2C)nnc(C)/c1=C/C.CC.CCOCCN1CC2(CCC2)C1. The van der Waals surface area contributed by atoms with E-state index in [9.17, 15) is 0 Å². The summed E-state index contributed by atoms with van der Waals surface area (Å²) in [7, 11) is 0. The van der Waals surface area contributed by atoms with Gasteiger partial charge in [-0.2, -0.15) is 10.4 Å². The van der Waals surface area contributed by atoms with Crippen LogP contribution in [0, 0.1) is 30.6 Å². The van der Waals surface area contributed by atoms with Crippen molar-refractivity contribution >= 4 is 18.0 Å². The Kier molecular flexibility index (Phi) is 12.7.